The van der Waals surface area contributed by atoms with Crippen molar-refractivity contribution in [3.63, 3.8) is 0 Å². The Morgan fingerprint density at radius 2 is 2.18 bits per heavy atom. The summed E-state index contributed by atoms with van der Waals surface area (Å²) in [7, 11) is 3.13. The first-order valence-corrected chi connectivity index (χ1v) is 11.3. The van der Waals surface area contributed by atoms with Crippen molar-refractivity contribution in [1.82, 2.24) is 19.8 Å². The van der Waals surface area contributed by atoms with Gasteiger partial charge in [-0.1, -0.05) is 18.7 Å². The zero-order chi connectivity index (χ0) is 20.4. The lowest BCUT2D eigenvalue weighted by atomic mass is 9.89. The Balaban J connectivity index is 1.86. The van der Waals surface area contributed by atoms with Gasteiger partial charge in [0.2, 0.25) is 11.8 Å². The summed E-state index contributed by atoms with van der Waals surface area (Å²) >= 11 is 2.87. The lowest BCUT2D eigenvalue weighted by molar-refractivity contribution is -0.132. The van der Waals surface area contributed by atoms with E-state index in [1.807, 2.05) is 6.92 Å². The number of thiophene rings is 1. The zero-order valence-electron chi connectivity index (χ0n) is 16.7. The molecule has 1 aliphatic carbocycles. The fraction of sp³-hybridized carbons (Fsp3) is 0.579. The van der Waals surface area contributed by atoms with Gasteiger partial charge in [-0.25, -0.2) is 4.98 Å². The molecule has 1 aliphatic rings. The molecule has 0 saturated heterocycles. The normalized spacial score (nSPS) is 16.1. The van der Waals surface area contributed by atoms with E-state index >= 15 is 0 Å². The van der Waals surface area contributed by atoms with Crippen LogP contribution in [0.3, 0.4) is 0 Å². The van der Waals surface area contributed by atoms with E-state index < -0.39 is 0 Å². The molecule has 2 aromatic rings. The lowest BCUT2D eigenvalue weighted by Crippen LogP contribution is -2.37. The minimum absolute atomic E-state index is 0.00628. The van der Waals surface area contributed by atoms with Crippen molar-refractivity contribution in [1.29, 1.82) is 0 Å². The summed E-state index contributed by atoms with van der Waals surface area (Å²) in [5, 5.41) is 3.83. The second-order valence-corrected chi connectivity index (χ2v) is 9.21. The molecule has 2 heterocycles. The van der Waals surface area contributed by atoms with Crippen LogP contribution < -0.4 is 10.9 Å². The Morgan fingerprint density at radius 1 is 1.43 bits per heavy atom. The lowest BCUT2D eigenvalue weighted by Gasteiger charge is -2.18. The number of thioether (sulfide) groups is 1. The molecule has 0 aliphatic heterocycles. The van der Waals surface area contributed by atoms with Gasteiger partial charge < -0.3 is 10.2 Å². The molecule has 1 N–H and O–H groups in total. The molecular weight excluding hydrogens is 396 g/mol. The van der Waals surface area contributed by atoms with Crippen LogP contribution in [-0.2, 0) is 29.0 Å². The third-order valence-electron chi connectivity index (χ3n) is 5.11. The Kier molecular flexibility index (Phi) is 6.44. The number of nitrogens with zero attached hydrogens (tertiary/aromatic N) is 3. The summed E-state index contributed by atoms with van der Waals surface area (Å²) < 4.78 is 1.66. The van der Waals surface area contributed by atoms with Crippen molar-refractivity contribution >= 4 is 45.1 Å². The van der Waals surface area contributed by atoms with Gasteiger partial charge in [-0.3, -0.25) is 19.0 Å². The van der Waals surface area contributed by atoms with Crippen molar-refractivity contribution in [3.8, 4) is 0 Å². The van der Waals surface area contributed by atoms with Crippen LogP contribution in [0.1, 0.15) is 30.7 Å². The molecule has 28 heavy (non-hydrogen) atoms. The van der Waals surface area contributed by atoms with Crippen LogP contribution in [-0.4, -0.2) is 52.7 Å². The summed E-state index contributed by atoms with van der Waals surface area (Å²) in [4.78, 5) is 45.1. The zero-order valence-corrected chi connectivity index (χ0v) is 18.3. The van der Waals surface area contributed by atoms with Crippen LogP contribution in [0.15, 0.2) is 9.95 Å². The molecule has 0 radical (unpaired) electrons. The van der Waals surface area contributed by atoms with Crippen molar-refractivity contribution in [3.05, 3.63) is 20.8 Å². The Morgan fingerprint density at radius 3 is 2.86 bits per heavy atom. The third kappa shape index (κ3) is 4.10. The molecule has 2 aromatic heterocycles. The fourth-order valence-corrected chi connectivity index (χ4v) is 5.84. The molecule has 9 heteroatoms. The maximum absolute atomic E-state index is 13.1. The first kappa shape index (κ1) is 20.9. The highest BCUT2D eigenvalue weighted by Gasteiger charge is 2.24. The highest BCUT2D eigenvalue weighted by molar-refractivity contribution is 7.99. The SMILES string of the molecule is CCn1c(SCC(=O)N(C)CC(=O)NC)nc2sc3c(c2c1=O)CC[C@@H](C)C3. The number of fused-ring (bicyclic) bond motifs is 3. The second kappa shape index (κ2) is 8.65. The van der Waals surface area contributed by atoms with Gasteiger partial charge in [0.15, 0.2) is 5.16 Å². The molecule has 1 atom stereocenters. The van der Waals surface area contributed by atoms with Gasteiger partial charge in [0.05, 0.1) is 17.7 Å². The fourth-order valence-electron chi connectivity index (χ4n) is 3.41. The van der Waals surface area contributed by atoms with Crippen LogP contribution in [0.2, 0.25) is 0 Å². The van der Waals surface area contributed by atoms with Crippen LogP contribution in [0, 0.1) is 5.92 Å². The summed E-state index contributed by atoms with van der Waals surface area (Å²) in [6.07, 6.45) is 3.05. The van der Waals surface area contributed by atoms with E-state index in [2.05, 4.69) is 12.2 Å². The molecule has 3 rings (SSSR count). The Bertz CT molecular complexity index is 966. The second-order valence-electron chi connectivity index (χ2n) is 7.19. The predicted molar refractivity (Wildman–Crippen MR) is 113 cm³/mol. The molecule has 0 saturated carbocycles. The molecule has 0 unspecified atom stereocenters. The van der Waals surface area contributed by atoms with Gasteiger partial charge in [-0.15, -0.1) is 11.3 Å². The van der Waals surface area contributed by atoms with Crippen molar-refractivity contribution < 1.29 is 9.59 Å². The number of amides is 2. The van der Waals surface area contributed by atoms with Crippen molar-refractivity contribution in [2.45, 2.75) is 44.8 Å². The van der Waals surface area contributed by atoms with E-state index in [1.165, 1.54) is 34.2 Å². The first-order chi connectivity index (χ1) is 13.3. The molecule has 0 spiro atoms. The third-order valence-corrected chi connectivity index (χ3v) is 7.22. The minimum atomic E-state index is -0.218. The topological polar surface area (TPSA) is 84.3 Å². The smallest absolute Gasteiger partial charge is 0.263 e. The average molecular weight is 423 g/mol. The number of hydrogen-bond donors (Lipinski definition) is 1. The van der Waals surface area contributed by atoms with Crippen LogP contribution >= 0.6 is 23.1 Å². The number of carbonyl (C=O) groups is 2. The number of likely N-dealkylation sites (N-methyl/N-ethyl adjacent to an activating group) is 2. The summed E-state index contributed by atoms with van der Waals surface area (Å²) in [6, 6.07) is 0. The molecule has 0 aromatic carbocycles. The Labute approximate surface area is 172 Å². The standard InChI is InChI=1S/C19H26N4O3S2/c1-5-23-18(26)16-12-7-6-11(2)8-13(12)28-17(16)21-19(23)27-10-15(25)22(4)9-14(24)20-3/h11H,5-10H2,1-4H3,(H,20,24)/t11-/m1/s1. The number of rotatable bonds is 6. The number of hydrogen-bond acceptors (Lipinski definition) is 6. The number of nitrogens with one attached hydrogen (secondary N) is 1. The Hall–Kier alpha value is -1.87. The van der Waals surface area contributed by atoms with Gasteiger partial charge in [-0.2, -0.15) is 0 Å². The van der Waals surface area contributed by atoms with Crippen molar-refractivity contribution in [2.24, 2.45) is 5.92 Å². The van der Waals surface area contributed by atoms with E-state index in [0.29, 0.717) is 17.6 Å². The summed E-state index contributed by atoms with van der Waals surface area (Å²) in [5.74, 6) is 0.374. The van der Waals surface area contributed by atoms with Crippen LogP contribution in [0.25, 0.3) is 10.2 Å². The quantitative estimate of drug-likeness (QED) is 0.568. The molecule has 0 fully saturated rings. The molecule has 2 amide bonds. The van der Waals surface area contributed by atoms with E-state index in [1.54, 1.807) is 23.0 Å². The summed E-state index contributed by atoms with van der Waals surface area (Å²) in [5.41, 5.74) is 1.17. The first-order valence-electron chi connectivity index (χ1n) is 9.48. The number of carbonyl (C=O) groups excluding carboxylic acids is 2. The van der Waals surface area contributed by atoms with Gasteiger partial charge in [0.25, 0.3) is 5.56 Å². The van der Waals surface area contributed by atoms with E-state index in [-0.39, 0.29) is 29.7 Å². The van der Waals surface area contributed by atoms with Crippen LogP contribution in [0.5, 0.6) is 0 Å². The van der Waals surface area contributed by atoms with E-state index in [0.717, 1.165) is 29.5 Å². The van der Waals surface area contributed by atoms with E-state index in [9.17, 15) is 14.4 Å². The van der Waals surface area contributed by atoms with Crippen LogP contribution in [0.4, 0.5) is 0 Å². The maximum Gasteiger partial charge on any atom is 0.263 e. The predicted octanol–water partition coefficient (Wildman–Crippen LogP) is 1.90. The molecule has 7 nitrogen and oxygen atoms in total. The number of aromatic nitrogens is 2. The maximum atomic E-state index is 13.1. The number of aryl methyl sites for hydroxylation is 1. The van der Waals surface area contributed by atoms with Gasteiger partial charge in [0, 0.05) is 25.5 Å². The monoisotopic (exact) mass is 422 g/mol. The highest BCUT2D eigenvalue weighted by Crippen LogP contribution is 2.36. The molecule has 152 valence electrons. The van der Waals surface area contributed by atoms with Crippen molar-refractivity contribution in [2.75, 3.05) is 26.4 Å². The highest BCUT2D eigenvalue weighted by atomic mass is 32.2. The minimum Gasteiger partial charge on any atom is -0.358 e. The molecular formula is C19H26N4O3S2. The van der Waals surface area contributed by atoms with Gasteiger partial charge >= 0.3 is 0 Å². The van der Waals surface area contributed by atoms with Gasteiger partial charge in [0.1, 0.15) is 4.83 Å². The van der Waals surface area contributed by atoms with Gasteiger partial charge in [-0.05, 0) is 37.7 Å². The van der Waals surface area contributed by atoms with E-state index in [4.69, 9.17) is 4.98 Å². The largest absolute Gasteiger partial charge is 0.358 e. The average Bonchev–Trinajstić information content (AvgIpc) is 3.03. The summed E-state index contributed by atoms with van der Waals surface area (Å²) in [6.45, 7) is 4.68. The molecule has 0 bridgehead atoms.